The molecule has 0 unspecified atom stereocenters. The molecule has 0 amide bonds. The highest BCUT2D eigenvalue weighted by atomic mass is 16.5. The van der Waals surface area contributed by atoms with Crippen molar-refractivity contribution in [1.82, 2.24) is 14.8 Å². The Kier molecular flexibility index (Phi) is 3.72. The van der Waals surface area contributed by atoms with Crippen molar-refractivity contribution >= 4 is 5.69 Å². The minimum absolute atomic E-state index is 0.639. The van der Waals surface area contributed by atoms with E-state index in [1.54, 1.807) is 19.5 Å². The average molecular weight is 232 g/mol. The van der Waals surface area contributed by atoms with Crippen molar-refractivity contribution in [3.63, 3.8) is 0 Å². The molecule has 0 radical (unpaired) electrons. The Labute approximate surface area is 100 Å². The van der Waals surface area contributed by atoms with Gasteiger partial charge in [0.15, 0.2) is 0 Å². The maximum Gasteiger partial charge on any atom is 0.0903 e. The predicted molar refractivity (Wildman–Crippen MR) is 66.9 cm³/mol. The first-order valence-corrected chi connectivity index (χ1v) is 5.50. The lowest BCUT2D eigenvalue weighted by atomic mass is 10.2. The Morgan fingerprint density at radius 2 is 2.24 bits per heavy atom. The van der Waals surface area contributed by atoms with Crippen LogP contribution in [0.25, 0.3) is 11.4 Å². The van der Waals surface area contributed by atoms with Gasteiger partial charge in [-0.3, -0.25) is 9.67 Å². The first-order valence-electron chi connectivity index (χ1n) is 5.50. The summed E-state index contributed by atoms with van der Waals surface area (Å²) in [5.74, 6) is 0. The van der Waals surface area contributed by atoms with Crippen LogP contribution in [0.1, 0.15) is 0 Å². The zero-order valence-corrected chi connectivity index (χ0v) is 10.1. The van der Waals surface area contributed by atoms with E-state index in [2.05, 4.69) is 15.4 Å². The normalized spacial score (nSPS) is 10.5. The lowest BCUT2D eigenvalue weighted by molar-refractivity contribution is 0.184. The highest BCUT2D eigenvalue weighted by Gasteiger charge is 2.06. The maximum absolute atomic E-state index is 5.06. The molecule has 0 aliphatic heterocycles. The second-order valence-corrected chi connectivity index (χ2v) is 3.61. The lowest BCUT2D eigenvalue weighted by Crippen LogP contribution is -2.07. The van der Waals surface area contributed by atoms with E-state index in [-0.39, 0.29) is 0 Å². The summed E-state index contributed by atoms with van der Waals surface area (Å²) >= 11 is 0. The fourth-order valence-electron chi connectivity index (χ4n) is 1.63. The highest BCUT2D eigenvalue weighted by molar-refractivity contribution is 5.60. The van der Waals surface area contributed by atoms with Gasteiger partial charge in [-0.25, -0.2) is 0 Å². The number of methoxy groups -OCH3 is 1. The molecule has 2 heterocycles. The largest absolute Gasteiger partial charge is 0.388 e. The van der Waals surface area contributed by atoms with Crippen molar-refractivity contribution in [2.45, 2.75) is 6.54 Å². The van der Waals surface area contributed by atoms with E-state index in [0.717, 1.165) is 23.6 Å². The van der Waals surface area contributed by atoms with Crippen LogP contribution in [0.15, 0.2) is 30.6 Å². The van der Waals surface area contributed by atoms with E-state index in [9.17, 15) is 0 Å². The van der Waals surface area contributed by atoms with Crippen LogP contribution < -0.4 is 5.32 Å². The summed E-state index contributed by atoms with van der Waals surface area (Å²) in [5.41, 5.74) is 2.94. The Morgan fingerprint density at radius 1 is 1.35 bits per heavy atom. The molecule has 0 atom stereocenters. The molecule has 0 aliphatic carbocycles. The number of nitrogens with zero attached hydrogens (tertiary/aromatic N) is 3. The van der Waals surface area contributed by atoms with Crippen LogP contribution in [0.4, 0.5) is 5.69 Å². The third-order valence-electron chi connectivity index (χ3n) is 2.53. The molecule has 0 bridgehead atoms. The zero-order valence-electron chi connectivity index (χ0n) is 10.1. The Hall–Kier alpha value is -1.88. The van der Waals surface area contributed by atoms with Gasteiger partial charge in [-0.1, -0.05) is 0 Å². The lowest BCUT2D eigenvalue weighted by Gasteiger charge is -2.07. The second-order valence-electron chi connectivity index (χ2n) is 3.61. The number of hydrogen-bond acceptors (Lipinski definition) is 4. The van der Waals surface area contributed by atoms with Gasteiger partial charge in [-0.15, -0.1) is 0 Å². The maximum atomic E-state index is 5.06. The number of anilines is 1. The van der Waals surface area contributed by atoms with Gasteiger partial charge >= 0.3 is 0 Å². The first-order chi connectivity index (χ1) is 8.35. The van der Waals surface area contributed by atoms with Crippen LogP contribution in [0.5, 0.6) is 0 Å². The average Bonchev–Trinajstić information content (AvgIpc) is 2.84. The number of aromatic nitrogens is 3. The van der Waals surface area contributed by atoms with E-state index in [4.69, 9.17) is 4.74 Å². The zero-order chi connectivity index (χ0) is 12.1. The van der Waals surface area contributed by atoms with Crippen LogP contribution >= 0.6 is 0 Å². The molecule has 17 heavy (non-hydrogen) atoms. The van der Waals surface area contributed by atoms with Gasteiger partial charge in [0.1, 0.15) is 0 Å². The molecule has 2 aromatic rings. The molecular weight excluding hydrogens is 216 g/mol. The molecule has 2 rings (SSSR count). The fourth-order valence-corrected chi connectivity index (χ4v) is 1.63. The molecule has 2 aromatic heterocycles. The summed E-state index contributed by atoms with van der Waals surface area (Å²) in [5, 5.41) is 7.36. The molecule has 5 nitrogen and oxygen atoms in total. The summed E-state index contributed by atoms with van der Waals surface area (Å²) in [7, 11) is 3.57. The number of rotatable bonds is 5. The number of hydrogen-bond donors (Lipinski definition) is 1. The van der Waals surface area contributed by atoms with Gasteiger partial charge in [-0.2, -0.15) is 5.10 Å². The SMILES string of the molecule is CNc1ccnc(-c2ccnn2CCOC)c1. The van der Waals surface area contributed by atoms with Crippen molar-refractivity contribution in [2.75, 3.05) is 26.1 Å². The Morgan fingerprint density at radius 3 is 3.00 bits per heavy atom. The number of ether oxygens (including phenoxy) is 1. The fraction of sp³-hybridized carbons (Fsp3) is 0.333. The first kappa shape index (κ1) is 11.6. The van der Waals surface area contributed by atoms with Gasteiger partial charge in [0, 0.05) is 32.2 Å². The van der Waals surface area contributed by atoms with Crippen molar-refractivity contribution in [2.24, 2.45) is 0 Å². The van der Waals surface area contributed by atoms with Gasteiger partial charge < -0.3 is 10.1 Å². The monoisotopic (exact) mass is 232 g/mol. The third kappa shape index (κ3) is 2.62. The molecule has 90 valence electrons. The second kappa shape index (κ2) is 5.45. The quantitative estimate of drug-likeness (QED) is 0.851. The minimum atomic E-state index is 0.639. The molecule has 0 aliphatic rings. The molecule has 1 N–H and O–H groups in total. The topological polar surface area (TPSA) is 52.0 Å². The van der Waals surface area contributed by atoms with Gasteiger partial charge in [-0.05, 0) is 18.2 Å². The Bertz CT molecular complexity index is 481. The van der Waals surface area contributed by atoms with Crippen molar-refractivity contribution in [1.29, 1.82) is 0 Å². The minimum Gasteiger partial charge on any atom is -0.388 e. The van der Waals surface area contributed by atoms with Crippen molar-refractivity contribution < 1.29 is 4.74 Å². The van der Waals surface area contributed by atoms with Crippen LogP contribution in [0.3, 0.4) is 0 Å². The van der Waals surface area contributed by atoms with Crippen LogP contribution in [0, 0.1) is 0 Å². The molecule has 0 fully saturated rings. The van der Waals surface area contributed by atoms with E-state index < -0.39 is 0 Å². The van der Waals surface area contributed by atoms with Crippen LogP contribution in [-0.2, 0) is 11.3 Å². The van der Waals surface area contributed by atoms with E-state index in [0.29, 0.717) is 6.61 Å². The highest BCUT2D eigenvalue weighted by Crippen LogP contribution is 2.19. The van der Waals surface area contributed by atoms with E-state index in [1.807, 2.05) is 29.9 Å². The summed E-state index contributed by atoms with van der Waals surface area (Å²) < 4.78 is 6.95. The number of pyridine rings is 1. The molecule has 0 saturated heterocycles. The van der Waals surface area contributed by atoms with Crippen molar-refractivity contribution in [3.05, 3.63) is 30.6 Å². The van der Waals surface area contributed by atoms with Gasteiger partial charge in [0.2, 0.25) is 0 Å². The standard InChI is InChI=1S/C12H16N4O/c1-13-10-3-5-14-11(9-10)12-4-6-15-16(12)7-8-17-2/h3-6,9H,7-8H2,1-2H3,(H,13,14). The summed E-state index contributed by atoms with van der Waals surface area (Å²) in [4.78, 5) is 4.36. The molecule has 0 aromatic carbocycles. The summed E-state index contributed by atoms with van der Waals surface area (Å²) in [6, 6.07) is 5.89. The van der Waals surface area contributed by atoms with Crippen molar-refractivity contribution in [3.8, 4) is 11.4 Å². The van der Waals surface area contributed by atoms with E-state index >= 15 is 0 Å². The van der Waals surface area contributed by atoms with Crippen LogP contribution in [0.2, 0.25) is 0 Å². The van der Waals surface area contributed by atoms with Gasteiger partial charge in [0.25, 0.3) is 0 Å². The van der Waals surface area contributed by atoms with E-state index in [1.165, 1.54) is 0 Å². The third-order valence-corrected chi connectivity index (χ3v) is 2.53. The summed E-state index contributed by atoms with van der Waals surface area (Å²) in [6.07, 6.45) is 3.56. The van der Waals surface area contributed by atoms with Gasteiger partial charge in [0.05, 0.1) is 24.5 Å². The molecular formula is C12H16N4O. The number of nitrogens with one attached hydrogen (secondary N) is 1. The molecule has 5 heteroatoms. The smallest absolute Gasteiger partial charge is 0.0903 e. The molecule has 0 saturated carbocycles. The molecule has 0 spiro atoms. The summed E-state index contributed by atoms with van der Waals surface area (Å²) in [6.45, 7) is 1.37. The Balaban J connectivity index is 2.28. The predicted octanol–water partition coefficient (Wildman–Crippen LogP) is 1.63. The van der Waals surface area contributed by atoms with Crippen LogP contribution in [-0.4, -0.2) is 35.5 Å².